The first kappa shape index (κ1) is 15.0. The van der Waals surface area contributed by atoms with E-state index in [-0.39, 0.29) is 5.91 Å². The van der Waals surface area contributed by atoms with E-state index in [1.165, 1.54) is 0 Å². The normalized spacial score (nSPS) is 17.0. The van der Waals surface area contributed by atoms with Gasteiger partial charge in [0.25, 0.3) is 5.91 Å². The summed E-state index contributed by atoms with van der Waals surface area (Å²) in [6, 6.07) is 7.85. The Morgan fingerprint density at radius 2 is 2.10 bits per heavy atom. The number of carbonyl (C=O) groups is 1. The summed E-state index contributed by atoms with van der Waals surface area (Å²) in [7, 11) is 0. The summed E-state index contributed by atoms with van der Waals surface area (Å²) < 4.78 is 0. The Morgan fingerprint density at radius 3 is 2.85 bits per heavy atom. The number of carbonyl (C=O) groups excluding carboxylic acids is 1. The molecule has 1 aliphatic heterocycles. The molecule has 0 aromatic heterocycles. The van der Waals surface area contributed by atoms with E-state index in [1.54, 1.807) is 0 Å². The van der Waals surface area contributed by atoms with E-state index in [0.29, 0.717) is 0 Å². The van der Waals surface area contributed by atoms with Gasteiger partial charge in [-0.15, -0.1) is 0 Å². The van der Waals surface area contributed by atoms with Crippen LogP contribution in [-0.2, 0) is 0 Å². The van der Waals surface area contributed by atoms with Crippen LogP contribution in [0.25, 0.3) is 0 Å². The van der Waals surface area contributed by atoms with Gasteiger partial charge in [-0.1, -0.05) is 17.7 Å². The molecule has 0 aliphatic carbocycles. The summed E-state index contributed by atoms with van der Waals surface area (Å²) in [5.74, 6) is 0.161. The van der Waals surface area contributed by atoms with E-state index in [1.807, 2.05) is 36.1 Å². The number of rotatable bonds is 4. The van der Waals surface area contributed by atoms with Gasteiger partial charge in [0, 0.05) is 25.2 Å². The van der Waals surface area contributed by atoms with Crippen LogP contribution < -0.4 is 5.73 Å². The molecule has 0 saturated carbocycles. The van der Waals surface area contributed by atoms with Gasteiger partial charge in [0.2, 0.25) is 0 Å². The molecule has 0 spiro atoms. The standard InChI is InChI=1S/C16H25N3O/c1-14-5-2-6-15(13-14)16(20)19-10-4-9-18(11-12-19)8-3-7-17/h2,5-6,13H,3-4,7-12,17H2,1H3. The molecule has 4 heteroatoms. The van der Waals surface area contributed by atoms with E-state index in [0.717, 1.165) is 63.2 Å². The zero-order chi connectivity index (χ0) is 14.4. The molecule has 1 fully saturated rings. The van der Waals surface area contributed by atoms with Crippen molar-refractivity contribution in [2.24, 2.45) is 5.73 Å². The van der Waals surface area contributed by atoms with Gasteiger partial charge in [-0.25, -0.2) is 0 Å². The van der Waals surface area contributed by atoms with Crippen molar-refractivity contribution >= 4 is 5.91 Å². The van der Waals surface area contributed by atoms with Crippen LogP contribution in [0.1, 0.15) is 28.8 Å². The predicted molar refractivity (Wildman–Crippen MR) is 81.8 cm³/mol. The third kappa shape index (κ3) is 4.05. The third-order valence-electron chi connectivity index (χ3n) is 3.82. The zero-order valence-electron chi connectivity index (χ0n) is 12.3. The Kier molecular flexibility index (Phi) is 5.56. The smallest absolute Gasteiger partial charge is 0.253 e. The van der Waals surface area contributed by atoms with Crippen molar-refractivity contribution in [2.75, 3.05) is 39.3 Å². The molecular formula is C16H25N3O. The minimum atomic E-state index is 0.161. The fourth-order valence-electron chi connectivity index (χ4n) is 2.67. The maximum absolute atomic E-state index is 12.5. The predicted octanol–water partition coefficient (Wildman–Crippen LogP) is 1.49. The molecule has 1 aromatic rings. The van der Waals surface area contributed by atoms with Gasteiger partial charge in [-0.3, -0.25) is 4.79 Å². The van der Waals surface area contributed by atoms with Crippen LogP contribution >= 0.6 is 0 Å². The molecule has 20 heavy (non-hydrogen) atoms. The lowest BCUT2D eigenvalue weighted by Gasteiger charge is -2.22. The first-order valence-corrected chi connectivity index (χ1v) is 7.49. The highest BCUT2D eigenvalue weighted by Crippen LogP contribution is 2.11. The number of hydrogen-bond donors (Lipinski definition) is 1. The molecule has 1 amide bonds. The van der Waals surface area contributed by atoms with Crippen molar-refractivity contribution in [1.29, 1.82) is 0 Å². The van der Waals surface area contributed by atoms with Crippen molar-refractivity contribution in [1.82, 2.24) is 9.80 Å². The van der Waals surface area contributed by atoms with Crippen LogP contribution in [-0.4, -0.2) is 55.0 Å². The third-order valence-corrected chi connectivity index (χ3v) is 3.82. The summed E-state index contributed by atoms with van der Waals surface area (Å²) in [6.07, 6.45) is 2.08. The summed E-state index contributed by atoms with van der Waals surface area (Å²) >= 11 is 0. The lowest BCUT2D eigenvalue weighted by molar-refractivity contribution is 0.0761. The molecule has 0 bridgehead atoms. The van der Waals surface area contributed by atoms with Crippen LogP contribution in [0.3, 0.4) is 0 Å². The first-order chi connectivity index (χ1) is 9.70. The minimum Gasteiger partial charge on any atom is -0.337 e. The van der Waals surface area contributed by atoms with Crippen molar-refractivity contribution < 1.29 is 4.79 Å². The largest absolute Gasteiger partial charge is 0.337 e. The topological polar surface area (TPSA) is 49.6 Å². The highest BCUT2D eigenvalue weighted by atomic mass is 16.2. The van der Waals surface area contributed by atoms with Gasteiger partial charge < -0.3 is 15.5 Å². The highest BCUT2D eigenvalue weighted by molar-refractivity contribution is 5.94. The molecule has 0 unspecified atom stereocenters. The molecule has 2 N–H and O–H groups in total. The monoisotopic (exact) mass is 275 g/mol. The quantitative estimate of drug-likeness (QED) is 0.906. The van der Waals surface area contributed by atoms with Gasteiger partial charge >= 0.3 is 0 Å². The molecule has 110 valence electrons. The van der Waals surface area contributed by atoms with E-state index in [2.05, 4.69) is 4.90 Å². The number of benzene rings is 1. The van der Waals surface area contributed by atoms with Crippen molar-refractivity contribution in [3.63, 3.8) is 0 Å². The number of aryl methyl sites for hydroxylation is 1. The van der Waals surface area contributed by atoms with Gasteiger partial charge in [0.05, 0.1) is 0 Å². The van der Waals surface area contributed by atoms with Gasteiger partial charge in [-0.05, 0) is 51.5 Å². The Labute approximate surface area is 121 Å². The van der Waals surface area contributed by atoms with Gasteiger partial charge in [0.15, 0.2) is 0 Å². The molecule has 4 nitrogen and oxygen atoms in total. The van der Waals surface area contributed by atoms with Crippen LogP contribution in [0.4, 0.5) is 0 Å². The maximum Gasteiger partial charge on any atom is 0.253 e. The molecule has 0 radical (unpaired) electrons. The minimum absolute atomic E-state index is 0.161. The number of amides is 1. The Bertz CT molecular complexity index is 447. The highest BCUT2D eigenvalue weighted by Gasteiger charge is 2.19. The average Bonchev–Trinajstić information content (AvgIpc) is 2.70. The SMILES string of the molecule is Cc1cccc(C(=O)N2CCCN(CCCN)CC2)c1. The molecular weight excluding hydrogens is 250 g/mol. The summed E-state index contributed by atoms with van der Waals surface area (Å²) in [6.45, 7) is 7.50. The molecule has 1 heterocycles. The summed E-state index contributed by atoms with van der Waals surface area (Å²) in [5.41, 5.74) is 7.50. The molecule has 0 atom stereocenters. The summed E-state index contributed by atoms with van der Waals surface area (Å²) in [5, 5.41) is 0. The number of hydrogen-bond acceptors (Lipinski definition) is 3. The fraction of sp³-hybridized carbons (Fsp3) is 0.562. The second-order valence-electron chi connectivity index (χ2n) is 5.50. The van der Waals surface area contributed by atoms with Gasteiger partial charge in [-0.2, -0.15) is 0 Å². The van der Waals surface area contributed by atoms with Crippen LogP contribution in [0.15, 0.2) is 24.3 Å². The Hall–Kier alpha value is -1.39. The number of nitrogens with two attached hydrogens (primary N) is 1. The average molecular weight is 275 g/mol. The van der Waals surface area contributed by atoms with Crippen molar-refractivity contribution in [3.05, 3.63) is 35.4 Å². The van der Waals surface area contributed by atoms with Crippen molar-refractivity contribution in [3.8, 4) is 0 Å². The molecule has 1 aromatic carbocycles. The van der Waals surface area contributed by atoms with Crippen molar-refractivity contribution in [2.45, 2.75) is 19.8 Å². The summed E-state index contributed by atoms with van der Waals surface area (Å²) in [4.78, 5) is 16.9. The van der Waals surface area contributed by atoms with E-state index < -0.39 is 0 Å². The molecule has 1 saturated heterocycles. The van der Waals surface area contributed by atoms with Crippen LogP contribution in [0, 0.1) is 6.92 Å². The van der Waals surface area contributed by atoms with Gasteiger partial charge in [0.1, 0.15) is 0 Å². The number of nitrogens with zero attached hydrogens (tertiary/aromatic N) is 2. The maximum atomic E-state index is 12.5. The van der Waals surface area contributed by atoms with E-state index >= 15 is 0 Å². The lowest BCUT2D eigenvalue weighted by atomic mass is 10.1. The second-order valence-corrected chi connectivity index (χ2v) is 5.50. The lowest BCUT2D eigenvalue weighted by Crippen LogP contribution is -2.35. The van der Waals surface area contributed by atoms with E-state index in [9.17, 15) is 4.79 Å². The Balaban J connectivity index is 1.94. The first-order valence-electron chi connectivity index (χ1n) is 7.49. The van der Waals surface area contributed by atoms with E-state index in [4.69, 9.17) is 5.73 Å². The molecule has 1 aliphatic rings. The van der Waals surface area contributed by atoms with Crippen LogP contribution in [0.5, 0.6) is 0 Å². The second kappa shape index (κ2) is 7.41. The molecule has 2 rings (SSSR count). The zero-order valence-corrected chi connectivity index (χ0v) is 12.3. The fourth-order valence-corrected chi connectivity index (χ4v) is 2.67. The Morgan fingerprint density at radius 1 is 1.25 bits per heavy atom. The van der Waals surface area contributed by atoms with Crippen LogP contribution in [0.2, 0.25) is 0 Å².